The van der Waals surface area contributed by atoms with Crippen molar-refractivity contribution in [2.24, 2.45) is 5.84 Å². The third kappa shape index (κ3) is 5.71. The molecule has 0 aliphatic rings. The SMILES string of the molecule is Cc1ncc2cc(C(=O)Nc3cc(C(=O)N(N)CCCc4ccccc4)ccc3Cl)c(=O)[nH]c2n1. The number of pyridine rings is 1. The molecule has 0 aliphatic carbocycles. The molecule has 2 aromatic heterocycles. The summed E-state index contributed by atoms with van der Waals surface area (Å²) >= 11 is 6.24. The fourth-order valence-corrected chi connectivity index (χ4v) is 3.72. The van der Waals surface area contributed by atoms with Gasteiger partial charge in [0, 0.05) is 23.7 Å². The number of aryl methyl sites for hydroxylation is 2. The molecule has 0 fully saturated rings. The molecule has 4 aromatic rings. The minimum Gasteiger partial charge on any atom is -0.320 e. The lowest BCUT2D eigenvalue weighted by Crippen LogP contribution is -2.38. The monoisotopic (exact) mass is 490 g/mol. The van der Waals surface area contributed by atoms with Gasteiger partial charge in [-0.2, -0.15) is 0 Å². The lowest BCUT2D eigenvalue weighted by Gasteiger charge is -2.17. The maximum absolute atomic E-state index is 12.8. The number of halogens is 1. The summed E-state index contributed by atoms with van der Waals surface area (Å²) in [6.07, 6.45) is 3.00. The molecule has 9 nitrogen and oxygen atoms in total. The van der Waals surface area contributed by atoms with Crippen molar-refractivity contribution >= 4 is 40.1 Å². The standard InChI is InChI=1S/C25H23ClN6O3/c1-15-28-14-18-12-19(24(34)31-22(18)29-15)23(33)30-21-13-17(9-10-20(21)26)25(35)32(27)11-5-8-16-6-3-2-4-7-16/h2-4,6-7,9-10,12-14H,5,8,11,27H2,1H3,(H,30,33)(H,28,29,31,34). The number of fused-ring (bicyclic) bond motifs is 1. The van der Waals surface area contributed by atoms with Crippen LogP contribution >= 0.6 is 11.6 Å². The van der Waals surface area contributed by atoms with E-state index in [4.69, 9.17) is 17.4 Å². The van der Waals surface area contributed by atoms with Crippen LogP contribution in [-0.2, 0) is 6.42 Å². The Hall–Kier alpha value is -4.08. The summed E-state index contributed by atoms with van der Waals surface area (Å²) in [6.45, 7) is 2.05. The summed E-state index contributed by atoms with van der Waals surface area (Å²) in [5.74, 6) is 5.37. The Kier molecular flexibility index (Phi) is 7.19. The number of nitrogens with zero attached hydrogens (tertiary/aromatic N) is 3. The van der Waals surface area contributed by atoms with E-state index in [1.54, 1.807) is 6.92 Å². The number of hydrazine groups is 1. The van der Waals surface area contributed by atoms with Crippen molar-refractivity contribution in [3.05, 3.63) is 98.7 Å². The van der Waals surface area contributed by atoms with Crippen molar-refractivity contribution in [1.29, 1.82) is 0 Å². The van der Waals surface area contributed by atoms with Crippen molar-refractivity contribution in [2.45, 2.75) is 19.8 Å². The Morgan fingerprint density at radius 3 is 2.69 bits per heavy atom. The first-order chi connectivity index (χ1) is 16.8. The number of nitrogens with two attached hydrogens (primary N) is 1. The number of hydrogen-bond acceptors (Lipinski definition) is 6. The molecule has 2 aromatic carbocycles. The molecule has 178 valence electrons. The van der Waals surface area contributed by atoms with Gasteiger partial charge in [-0.15, -0.1) is 0 Å². The minimum absolute atomic E-state index is 0.140. The van der Waals surface area contributed by atoms with Crippen LogP contribution in [-0.4, -0.2) is 38.3 Å². The van der Waals surface area contributed by atoms with Gasteiger partial charge in [0.05, 0.1) is 10.7 Å². The molecule has 2 heterocycles. The molecule has 0 radical (unpaired) electrons. The van der Waals surface area contributed by atoms with E-state index in [-0.39, 0.29) is 21.8 Å². The molecular formula is C25H23ClN6O3. The Bertz CT molecular complexity index is 1460. The summed E-state index contributed by atoms with van der Waals surface area (Å²) in [5.41, 5.74) is 1.18. The van der Waals surface area contributed by atoms with E-state index in [0.717, 1.165) is 17.0 Å². The van der Waals surface area contributed by atoms with Gasteiger partial charge in [0.2, 0.25) is 0 Å². The summed E-state index contributed by atoms with van der Waals surface area (Å²) in [6, 6.07) is 15.8. The molecule has 0 spiro atoms. The van der Waals surface area contributed by atoms with Gasteiger partial charge in [-0.05, 0) is 49.6 Å². The first-order valence-electron chi connectivity index (χ1n) is 10.9. The lowest BCUT2D eigenvalue weighted by molar-refractivity contribution is 0.0753. The van der Waals surface area contributed by atoms with Crippen LogP contribution in [0.1, 0.15) is 38.5 Å². The highest BCUT2D eigenvalue weighted by atomic mass is 35.5. The summed E-state index contributed by atoms with van der Waals surface area (Å²) in [7, 11) is 0. The van der Waals surface area contributed by atoms with Crippen LogP contribution < -0.4 is 16.7 Å². The van der Waals surface area contributed by atoms with Crippen molar-refractivity contribution in [1.82, 2.24) is 20.0 Å². The number of carbonyl (C=O) groups excluding carboxylic acids is 2. The molecule has 2 amide bonds. The van der Waals surface area contributed by atoms with Crippen LogP contribution in [0.2, 0.25) is 5.02 Å². The van der Waals surface area contributed by atoms with Gasteiger partial charge in [0.25, 0.3) is 17.4 Å². The molecule has 0 aliphatic heterocycles. The number of rotatable bonds is 7. The molecule has 4 rings (SSSR count). The van der Waals surface area contributed by atoms with Crippen molar-refractivity contribution < 1.29 is 9.59 Å². The van der Waals surface area contributed by atoms with E-state index in [1.165, 1.54) is 30.5 Å². The zero-order chi connectivity index (χ0) is 24.9. The predicted octanol–water partition coefficient (Wildman–Crippen LogP) is 3.48. The Balaban J connectivity index is 1.47. The predicted molar refractivity (Wildman–Crippen MR) is 134 cm³/mol. The zero-order valence-electron chi connectivity index (χ0n) is 18.9. The number of aromatic amines is 1. The van der Waals surface area contributed by atoms with Crippen LogP contribution in [0.4, 0.5) is 5.69 Å². The average molecular weight is 491 g/mol. The van der Waals surface area contributed by atoms with E-state index in [9.17, 15) is 14.4 Å². The lowest BCUT2D eigenvalue weighted by atomic mass is 10.1. The number of carbonyl (C=O) groups is 2. The van der Waals surface area contributed by atoms with Gasteiger partial charge < -0.3 is 10.3 Å². The highest BCUT2D eigenvalue weighted by Gasteiger charge is 2.18. The van der Waals surface area contributed by atoms with Gasteiger partial charge in [0.15, 0.2) is 0 Å². The van der Waals surface area contributed by atoms with Crippen molar-refractivity contribution in [3.63, 3.8) is 0 Å². The topological polar surface area (TPSA) is 134 Å². The van der Waals surface area contributed by atoms with E-state index in [0.29, 0.717) is 29.8 Å². The number of hydrogen-bond donors (Lipinski definition) is 3. The quantitative estimate of drug-likeness (QED) is 0.206. The van der Waals surface area contributed by atoms with Crippen molar-refractivity contribution in [2.75, 3.05) is 11.9 Å². The van der Waals surface area contributed by atoms with Gasteiger partial charge in [-0.3, -0.25) is 19.4 Å². The molecule has 0 unspecified atom stereocenters. The smallest absolute Gasteiger partial charge is 0.267 e. The maximum atomic E-state index is 12.8. The highest BCUT2D eigenvalue weighted by molar-refractivity contribution is 6.34. The fraction of sp³-hybridized carbons (Fsp3) is 0.160. The molecule has 0 bridgehead atoms. The van der Waals surface area contributed by atoms with Crippen LogP contribution in [0.3, 0.4) is 0 Å². The Morgan fingerprint density at radius 2 is 1.91 bits per heavy atom. The molecule has 4 N–H and O–H groups in total. The first-order valence-corrected chi connectivity index (χ1v) is 11.3. The van der Waals surface area contributed by atoms with Gasteiger partial charge in [-0.1, -0.05) is 41.9 Å². The molecular weight excluding hydrogens is 468 g/mol. The number of benzene rings is 2. The molecule has 0 saturated carbocycles. The second-order valence-electron chi connectivity index (χ2n) is 7.97. The first kappa shape index (κ1) is 24.1. The third-order valence-corrected chi connectivity index (χ3v) is 5.72. The van der Waals surface area contributed by atoms with Gasteiger partial charge in [0.1, 0.15) is 17.0 Å². The van der Waals surface area contributed by atoms with Gasteiger partial charge in [-0.25, -0.2) is 15.8 Å². The van der Waals surface area contributed by atoms with Crippen LogP contribution in [0.5, 0.6) is 0 Å². The Morgan fingerprint density at radius 1 is 1.14 bits per heavy atom. The summed E-state index contributed by atoms with van der Waals surface area (Å²) < 4.78 is 0. The molecule has 0 saturated heterocycles. The molecule has 35 heavy (non-hydrogen) atoms. The largest absolute Gasteiger partial charge is 0.320 e. The van der Waals surface area contributed by atoms with Crippen molar-refractivity contribution in [3.8, 4) is 0 Å². The second-order valence-corrected chi connectivity index (χ2v) is 8.38. The van der Waals surface area contributed by atoms with Crippen LogP contribution in [0.25, 0.3) is 11.0 Å². The maximum Gasteiger partial charge on any atom is 0.267 e. The van der Waals surface area contributed by atoms with Crippen LogP contribution in [0.15, 0.2) is 65.6 Å². The minimum atomic E-state index is -0.687. The number of nitrogens with one attached hydrogen (secondary N) is 2. The summed E-state index contributed by atoms with van der Waals surface area (Å²) in [4.78, 5) is 48.9. The third-order valence-electron chi connectivity index (χ3n) is 5.39. The number of H-pyrrole nitrogens is 1. The van der Waals surface area contributed by atoms with Gasteiger partial charge >= 0.3 is 0 Å². The number of amides is 2. The van der Waals surface area contributed by atoms with E-state index in [2.05, 4.69) is 20.3 Å². The van der Waals surface area contributed by atoms with E-state index in [1.807, 2.05) is 30.3 Å². The van der Waals surface area contributed by atoms with E-state index < -0.39 is 17.4 Å². The average Bonchev–Trinajstić information content (AvgIpc) is 2.85. The summed E-state index contributed by atoms with van der Waals surface area (Å²) in [5, 5.41) is 4.44. The van der Waals surface area contributed by atoms with E-state index >= 15 is 0 Å². The Labute approximate surface area is 205 Å². The zero-order valence-corrected chi connectivity index (χ0v) is 19.7. The number of aromatic nitrogens is 3. The molecule has 0 atom stereocenters. The highest BCUT2D eigenvalue weighted by Crippen LogP contribution is 2.24. The molecule has 10 heteroatoms. The second kappa shape index (κ2) is 10.5. The fourth-order valence-electron chi connectivity index (χ4n) is 3.56. The number of anilines is 1. The van der Waals surface area contributed by atoms with Crippen LogP contribution in [0, 0.1) is 6.92 Å². The normalized spacial score (nSPS) is 10.8.